The van der Waals surface area contributed by atoms with Crippen molar-refractivity contribution in [3.8, 4) is 10.4 Å². The molecule has 0 fully saturated rings. The average molecular weight is 395 g/mol. The summed E-state index contributed by atoms with van der Waals surface area (Å²) in [5.74, 6) is 0.565. The first kappa shape index (κ1) is 18.4. The predicted molar refractivity (Wildman–Crippen MR) is 111 cm³/mol. The van der Waals surface area contributed by atoms with Gasteiger partial charge in [-0.2, -0.15) is 10.2 Å². The van der Waals surface area contributed by atoms with E-state index in [2.05, 4.69) is 38.9 Å². The normalized spacial score (nSPS) is 11.2. The largest absolute Gasteiger partial charge is 0.309 e. The van der Waals surface area contributed by atoms with Crippen LogP contribution < -0.4 is 5.32 Å². The highest BCUT2D eigenvalue weighted by Crippen LogP contribution is 2.32. The number of hydrogen-bond donors (Lipinski definition) is 1. The zero-order valence-electron chi connectivity index (χ0n) is 16.1. The van der Waals surface area contributed by atoms with Gasteiger partial charge >= 0.3 is 0 Å². The number of aryl methyl sites for hydroxylation is 3. The lowest BCUT2D eigenvalue weighted by Crippen LogP contribution is -2.21. The van der Waals surface area contributed by atoms with Crippen LogP contribution >= 0.6 is 11.3 Å². The van der Waals surface area contributed by atoms with Crippen LogP contribution in [0.15, 0.2) is 35.8 Å². The fourth-order valence-corrected chi connectivity index (χ4v) is 4.13. The third-order valence-electron chi connectivity index (χ3n) is 4.49. The first-order valence-corrected chi connectivity index (χ1v) is 10.1. The van der Waals surface area contributed by atoms with Crippen molar-refractivity contribution in [2.75, 3.05) is 5.32 Å². The molecule has 0 atom stereocenters. The van der Waals surface area contributed by atoms with Gasteiger partial charge in [0.15, 0.2) is 5.65 Å². The molecule has 7 nitrogen and oxygen atoms in total. The second kappa shape index (κ2) is 7.55. The minimum absolute atomic E-state index is 0.0988. The van der Waals surface area contributed by atoms with Crippen molar-refractivity contribution in [1.82, 2.24) is 24.5 Å². The molecule has 8 heteroatoms. The Morgan fingerprint density at radius 1 is 1.21 bits per heavy atom. The Morgan fingerprint density at radius 3 is 2.82 bits per heavy atom. The Labute approximate surface area is 167 Å². The second-order valence-electron chi connectivity index (χ2n) is 6.72. The number of nitrogens with zero attached hydrogens (tertiary/aromatic N) is 5. The molecule has 28 heavy (non-hydrogen) atoms. The minimum atomic E-state index is -0.148. The highest BCUT2D eigenvalue weighted by molar-refractivity contribution is 7.13. The van der Waals surface area contributed by atoms with Crippen LogP contribution in [0.2, 0.25) is 0 Å². The van der Waals surface area contributed by atoms with Crippen LogP contribution in [0, 0.1) is 13.8 Å². The molecule has 4 rings (SSSR count). The van der Waals surface area contributed by atoms with E-state index in [0.29, 0.717) is 5.82 Å². The smallest absolute Gasteiger partial charge is 0.247 e. The molecule has 4 aromatic rings. The Kier molecular flexibility index (Phi) is 4.95. The van der Waals surface area contributed by atoms with E-state index in [4.69, 9.17) is 0 Å². The zero-order chi connectivity index (χ0) is 19.7. The molecule has 0 spiro atoms. The zero-order valence-corrected chi connectivity index (χ0v) is 17.0. The summed E-state index contributed by atoms with van der Waals surface area (Å²) in [6.45, 7) is 6.82. The fourth-order valence-electron chi connectivity index (χ4n) is 3.38. The Hall–Kier alpha value is -3.00. The number of rotatable bonds is 6. The van der Waals surface area contributed by atoms with Gasteiger partial charge in [-0.15, -0.1) is 11.3 Å². The molecule has 0 radical (unpaired) electrons. The molecule has 144 valence electrons. The number of hydrogen-bond acceptors (Lipinski definition) is 5. The SMILES string of the molecule is CCCn1nc(C)cc1NC(=O)Cn1nc(C)c2c(-c3cccs3)ccnc21. The van der Waals surface area contributed by atoms with Crippen LogP contribution in [0.4, 0.5) is 5.82 Å². The van der Waals surface area contributed by atoms with Gasteiger partial charge < -0.3 is 5.32 Å². The van der Waals surface area contributed by atoms with E-state index in [0.717, 1.165) is 41.0 Å². The molecule has 0 bridgehead atoms. The second-order valence-corrected chi connectivity index (χ2v) is 7.67. The maximum atomic E-state index is 12.7. The van der Waals surface area contributed by atoms with E-state index < -0.39 is 0 Å². The Morgan fingerprint density at radius 2 is 2.07 bits per heavy atom. The lowest BCUT2D eigenvalue weighted by molar-refractivity contribution is -0.116. The van der Waals surface area contributed by atoms with Crippen LogP contribution in [0.5, 0.6) is 0 Å². The average Bonchev–Trinajstić information content (AvgIpc) is 3.37. The van der Waals surface area contributed by atoms with Gasteiger partial charge in [0.25, 0.3) is 0 Å². The first-order chi connectivity index (χ1) is 13.6. The van der Waals surface area contributed by atoms with Crippen LogP contribution in [0.1, 0.15) is 24.7 Å². The molecule has 0 unspecified atom stereocenters. The van der Waals surface area contributed by atoms with Crippen molar-refractivity contribution < 1.29 is 4.79 Å². The van der Waals surface area contributed by atoms with E-state index in [-0.39, 0.29) is 12.5 Å². The quantitative estimate of drug-likeness (QED) is 0.536. The van der Waals surface area contributed by atoms with E-state index >= 15 is 0 Å². The number of amides is 1. The number of anilines is 1. The minimum Gasteiger partial charge on any atom is -0.309 e. The van der Waals surface area contributed by atoms with Crippen molar-refractivity contribution >= 4 is 34.1 Å². The van der Waals surface area contributed by atoms with E-state index in [9.17, 15) is 4.79 Å². The molecule has 0 aliphatic heterocycles. The van der Waals surface area contributed by atoms with Crippen molar-refractivity contribution in [2.45, 2.75) is 40.3 Å². The summed E-state index contributed by atoms with van der Waals surface area (Å²) in [7, 11) is 0. The molecule has 4 heterocycles. The summed E-state index contributed by atoms with van der Waals surface area (Å²) in [6.07, 6.45) is 2.72. The monoisotopic (exact) mass is 394 g/mol. The number of aromatic nitrogens is 5. The standard InChI is InChI=1S/C20H22N6OS/c1-4-9-25-17(11-13(2)23-25)22-18(27)12-26-20-19(14(3)24-26)15(7-8-21-20)16-6-5-10-28-16/h5-8,10-11H,4,9,12H2,1-3H3,(H,22,27). The first-order valence-electron chi connectivity index (χ1n) is 9.27. The highest BCUT2D eigenvalue weighted by Gasteiger charge is 2.17. The fraction of sp³-hybridized carbons (Fsp3) is 0.300. The van der Waals surface area contributed by atoms with E-state index in [1.807, 2.05) is 36.7 Å². The molecule has 0 aromatic carbocycles. The number of carbonyl (C=O) groups is 1. The van der Waals surface area contributed by atoms with Crippen molar-refractivity contribution in [3.63, 3.8) is 0 Å². The van der Waals surface area contributed by atoms with Crippen molar-refractivity contribution in [2.24, 2.45) is 0 Å². The number of nitrogens with one attached hydrogen (secondary N) is 1. The maximum Gasteiger partial charge on any atom is 0.247 e. The summed E-state index contributed by atoms with van der Waals surface area (Å²) in [6, 6.07) is 7.99. The topological polar surface area (TPSA) is 77.6 Å². The van der Waals surface area contributed by atoms with E-state index in [1.54, 1.807) is 22.2 Å². The van der Waals surface area contributed by atoms with Crippen LogP contribution in [0.3, 0.4) is 0 Å². The molecule has 0 aliphatic rings. The molecule has 0 saturated heterocycles. The van der Waals surface area contributed by atoms with Crippen LogP contribution in [-0.2, 0) is 17.9 Å². The Balaban J connectivity index is 1.62. The third-order valence-corrected chi connectivity index (χ3v) is 5.40. The number of pyridine rings is 1. The van der Waals surface area contributed by atoms with Gasteiger partial charge in [0, 0.05) is 29.2 Å². The van der Waals surface area contributed by atoms with Crippen LogP contribution in [-0.4, -0.2) is 30.5 Å². The van der Waals surface area contributed by atoms with E-state index in [1.165, 1.54) is 4.88 Å². The molecule has 0 aliphatic carbocycles. The summed E-state index contributed by atoms with van der Waals surface area (Å²) in [5, 5.41) is 15.0. The van der Waals surface area contributed by atoms with Crippen molar-refractivity contribution in [1.29, 1.82) is 0 Å². The molecule has 1 N–H and O–H groups in total. The Bertz CT molecular complexity index is 1130. The summed E-state index contributed by atoms with van der Waals surface area (Å²) in [5.41, 5.74) is 3.56. The third kappa shape index (κ3) is 3.43. The van der Waals surface area contributed by atoms with Gasteiger partial charge in [0.1, 0.15) is 12.4 Å². The molecular weight excluding hydrogens is 372 g/mol. The maximum absolute atomic E-state index is 12.7. The molecular formula is C20H22N6OS. The summed E-state index contributed by atoms with van der Waals surface area (Å²) >= 11 is 1.68. The van der Waals surface area contributed by atoms with Gasteiger partial charge in [-0.25, -0.2) is 14.3 Å². The number of thiophene rings is 1. The van der Waals surface area contributed by atoms with Gasteiger partial charge in [-0.3, -0.25) is 4.79 Å². The lowest BCUT2D eigenvalue weighted by Gasteiger charge is -2.08. The van der Waals surface area contributed by atoms with Crippen molar-refractivity contribution in [3.05, 3.63) is 47.2 Å². The highest BCUT2D eigenvalue weighted by atomic mass is 32.1. The van der Waals surface area contributed by atoms with Gasteiger partial charge in [0.05, 0.1) is 16.8 Å². The van der Waals surface area contributed by atoms with Gasteiger partial charge in [-0.1, -0.05) is 13.0 Å². The molecule has 4 aromatic heterocycles. The van der Waals surface area contributed by atoms with Gasteiger partial charge in [0.2, 0.25) is 5.91 Å². The van der Waals surface area contributed by atoms with Gasteiger partial charge in [-0.05, 0) is 37.8 Å². The number of carbonyl (C=O) groups excluding carboxylic acids is 1. The predicted octanol–water partition coefficient (Wildman–Crippen LogP) is 4.02. The van der Waals surface area contributed by atoms with Crippen LogP contribution in [0.25, 0.3) is 21.5 Å². The lowest BCUT2D eigenvalue weighted by atomic mass is 10.1. The molecule has 1 amide bonds. The molecule has 0 saturated carbocycles. The summed E-state index contributed by atoms with van der Waals surface area (Å²) in [4.78, 5) is 18.3. The number of fused-ring (bicyclic) bond motifs is 1. The summed E-state index contributed by atoms with van der Waals surface area (Å²) < 4.78 is 3.50.